The van der Waals surface area contributed by atoms with E-state index >= 15 is 0 Å². The summed E-state index contributed by atoms with van der Waals surface area (Å²) in [5.74, 6) is -0.0383. The summed E-state index contributed by atoms with van der Waals surface area (Å²) in [7, 11) is 0. The maximum absolute atomic E-state index is 12.5. The maximum atomic E-state index is 12.5. The third kappa shape index (κ3) is 5.23. The van der Waals surface area contributed by atoms with Crippen molar-refractivity contribution in [3.63, 3.8) is 0 Å². The number of ether oxygens (including phenoxy) is 1. The van der Waals surface area contributed by atoms with Crippen LogP contribution in [0.15, 0.2) is 84.4 Å². The Hall–Kier alpha value is -3.78. The molecule has 1 N–H and O–H groups in total. The molecule has 0 aliphatic heterocycles. The molecule has 6 heteroatoms. The van der Waals surface area contributed by atoms with Gasteiger partial charge in [-0.05, 0) is 59.2 Å². The number of nitrogens with zero attached hydrogens (tertiary/aromatic N) is 1. The number of rotatable bonds is 6. The van der Waals surface area contributed by atoms with Gasteiger partial charge in [0.1, 0.15) is 24.0 Å². The van der Waals surface area contributed by atoms with Crippen LogP contribution in [0.25, 0.3) is 16.8 Å². The quantitative estimate of drug-likeness (QED) is 0.225. The molecule has 4 nitrogen and oxygen atoms in total. The Morgan fingerprint density at radius 1 is 1.00 bits per heavy atom. The molecule has 0 radical (unpaired) electrons. The van der Waals surface area contributed by atoms with E-state index in [2.05, 4.69) is 36.5 Å². The number of anilines is 1. The first kappa shape index (κ1) is 23.4. The van der Waals surface area contributed by atoms with Crippen LogP contribution >= 0.6 is 23.2 Å². The topological polar surface area (TPSA) is 62.1 Å². The van der Waals surface area contributed by atoms with Crippen molar-refractivity contribution in [3.05, 3.63) is 111 Å². The third-order valence-corrected chi connectivity index (χ3v) is 6.03. The lowest BCUT2D eigenvalue weighted by Crippen LogP contribution is -2.13. The fourth-order valence-electron chi connectivity index (χ4n) is 3.58. The molecule has 34 heavy (non-hydrogen) atoms. The van der Waals surface area contributed by atoms with Crippen LogP contribution < -0.4 is 10.1 Å². The van der Waals surface area contributed by atoms with Crippen LogP contribution in [0, 0.1) is 18.3 Å². The van der Waals surface area contributed by atoms with Crippen LogP contribution in [0.5, 0.6) is 5.75 Å². The molecule has 168 valence electrons. The Morgan fingerprint density at radius 2 is 1.76 bits per heavy atom. The van der Waals surface area contributed by atoms with Gasteiger partial charge in [0.25, 0.3) is 5.91 Å². The lowest BCUT2D eigenvalue weighted by Gasteiger charge is -2.13. The van der Waals surface area contributed by atoms with Crippen LogP contribution in [0.1, 0.15) is 16.7 Å². The van der Waals surface area contributed by atoms with E-state index in [0.717, 1.165) is 21.9 Å². The van der Waals surface area contributed by atoms with Crippen LogP contribution in [0.3, 0.4) is 0 Å². The number of halogens is 2. The Bertz CT molecular complexity index is 1450. The van der Waals surface area contributed by atoms with Crippen LogP contribution in [-0.4, -0.2) is 5.91 Å². The zero-order valence-corrected chi connectivity index (χ0v) is 19.8. The number of hydrogen-bond acceptors (Lipinski definition) is 3. The first-order valence-corrected chi connectivity index (χ1v) is 11.3. The number of carbonyl (C=O) groups excluding carboxylic acids is 1. The molecular weight excluding hydrogens is 467 g/mol. The molecule has 0 aliphatic rings. The second-order valence-corrected chi connectivity index (χ2v) is 8.48. The lowest BCUT2D eigenvalue weighted by molar-refractivity contribution is -0.112. The van der Waals surface area contributed by atoms with Gasteiger partial charge in [0.05, 0.1) is 15.7 Å². The summed E-state index contributed by atoms with van der Waals surface area (Å²) in [6.07, 6.45) is 1.47. The molecule has 4 rings (SSSR count). The summed E-state index contributed by atoms with van der Waals surface area (Å²) in [6, 6.07) is 26.2. The van der Waals surface area contributed by atoms with Crippen molar-refractivity contribution in [3.8, 4) is 11.8 Å². The van der Waals surface area contributed by atoms with Crippen LogP contribution in [0.4, 0.5) is 5.69 Å². The molecule has 0 atom stereocenters. The highest BCUT2D eigenvalue weighted by Gasteiger charge is 2.12. The van der Waals surface area contributed by atoms with Gasteiger partial charge in [0.15, 0.2) is 0 Å². The number of hydrogen-bond donors (Lipinski definition) is 1. The number of nitriles is 1. The van der Waals surface area contributed by atoms with E-state index in [1.54, 1.807) is 42.5 Å². The van der Waals surface area contributed by atoms with E-state index in [-0.39, 0.29) is 5.57 Å². The van der Waals surface area contributed by atoms with E-state index < -0.39 is 5.91 Å². The summed E-state index contributed by atoms with van der Waals surface area (Å²) in [6.45, 7) is 2.42. The van der Waals surface area contributed by atoms with E-state index in [0.29, 0.717) is 33.7 Å². The molecule has 0 saturated carbocycles. The molecule has 0 saturated heterocycles. The number of fused-ring (bicyclic) bond motifs is 1. The monoisotopic (exact) mass is 486 g/mol. The van der Waals surface area contributed by atoms with E-state index in [4.69, 9.17) is 27.9 Å². The Kier molecular flexibility index (Phi) is 7.18. The molecule has 0 unspecified atom stereocenters. The van der Waals surface area contributed by atoms with Crippen molar-refractivity contribution in [1.29, 1.82) is 5.26 Å². The fourth-order valence-corrected chi connectivity index (χ4v) is 4.00. The molecule has 0 bridgehead atoms. The van der Waals surface area contributed by atoms with Gasteiger partial charge < -0.3 is 10.1 Å². The molecule has 0 fully saturated rings. The second-order valence-electron chi connectivity index (χ2n) is 7.66. The largest absolute Gasteiger partial charge is 0.487 e. The first-order valence-electron chi connectivity index (χ1n) is 10.5. The Labute approximate surface area is 208 Å². The number of benzene rings is 4. The van der Waals surface area contributed by atoms with Crippen molar-refractivity contribution in [2.45, 2.75) is 13.5 Å². The zero-order chi connectivity index (χ0) is 24.1. The molecule has 0 aromatic heterocycles. The minimum atomic E-state index is -0.557. The van der Waals surface area contributed by atoms with Gasteiger partial charge in [-0.25, -0.2) is 0 Å². The molecule has 4 aromatic rings. The number of aryl methyl sites for hydroxylation is 1. The van der Waals surface area contributed by atoms with Gasteiger partial charge in [-0.15, -0.1) is 0 Å². The highest BCUT2D eigenvalue weighted by atomic mass is 35.5. The molecular formula is C28H20Cl2N2O2. The summed E-state index contributed by atoms with van der Waals surface area (Å²) >= 11 is 12.5. The summed E-state index contributed by atoms with van der Waals surface area (Å²) in [4.78, 5) is 12.5. The van der Waals surface area contributed by atoms with Gasteiger partial charge in [-0.1, -0.05) is 77.8 Å². The minimum Gasteiger partial charge on any atom is -0.487 e. The molecule has 1 amide bonds. The second kappa shape index (κ2) is 10.4. The molecule has 0 heterocycles. The normalized spacial score (nSPS) is 11.2. The van der Waals surface area contributed by atoms with E-state index in [1.807, 2.05) is 18.2 Å². The average Bonchev–Trinajstić information content (AvgIpc) is 2.84. The van der Waals surface area contributed by atoms with Crippen molar-refractivity contribution >= 4 is 51.6 Å². The van der Waals surface area contributed by atoms with Crippen molar-refractivity contribution in [1.82, 2.24) is 0 Å². The third-order valence-electron chi connectivity index (χ3n) is 5.40. The summed E-state index contributed by atoms with van der Waals surface area (Å²) in [5.41, 5.74) is 3.19. The SMILES string of the molecule is Cc1ccc2ccccc2c1COc1ccc(/C=C(\C#N)C(=O)Nc2ccccc2Cl)cc1Cl. The molecule has 4 aromatic carbocycles. The van der Waals surface area contributed by atoms with E-state index in [1.165, 1.54) is 6.08 Å². The van der Waals surface area contributed by atoms with Gasteiger partial charge in [0, 0.05) is 5.56 Å². The van der Waals surface area contributed by atoms with Gasteiger partial charge in [0.2, 0.25) is 0 Å². The van der Waals surface area contributed by atoms with Crippen molar-refractivity contribution in [2.24, 2.45) is 0 Å². The van der Waals surface area contributed by atoms with E-state index in [9.17, 15) is 10.1 Å². The van der Waals surface area contributed by atoms with Crippen LogP contribution in [-0.2, 0) is 11.4 Å². The standard InChI is InChI=1S/C28H20Cl2N2O2/c1-18-10-12-20-6-2-3-7-22(20)23(18)17-34-27-13-11-19(15-25(27)30)14-21(16-31)28(33)32-26-9-5-4-8-24(26)29/h2-15H,17H2,1H3,(H,32,33)/b21-14+. The van der Waals surface area contributed by atoms with Crippen LogP contribution in [0.2, 0.25) is 10.0 Å². The average molecular weight is 487 g/mol. The minimum absolute atomic E-state index is 0.0731. The highest BCUT2D eigenvalue weighted by molar-refractivity contribution is 6.34. The maximum Gasteiger partial charge on any atom is 0.266 e. The first-order chi connectivity index (χ1) is 16.5. The number of nitrogens with one attached hydrogen (secondary N) is 1. The lowest BCUT2D eigenvalue weighted by atomic mass is 10.0. The van der Waals surface area contributed by atoms with Crippen molar-refractivity contribution < 1.29 is 9.53 Å². The predicted molar refractivity (Wildman–Crippen MR) is 138 cm³/mol. The molecule has 0 aliphatic carbocycles. The Balaban J connectivity index is 1.51. The smallest absolute Gasteiger partial charge is 0.266 e. The fraction of sp³-hybridized carbons (Fsp3) is 0.0714. The van der Waals surface area contributed by atoms with Gasteiger partial charge in [-0.2, -0.15) is 5.26 Å². The summed E-state index contributed by atoms with van der Waals surface area (Å²) in [5, 5.41) is 15.2. The van der Waals surface area contributed by atoms with Gasteiger partial charge in [-0.3, -0.25) is 4.79 Å². The molecule has 0 spiro atoms. The highest BCUT2D eigenvalue weighted by Crippen LogP contribution is 2.29. The Morgan fingerprint density at radius 3 is 2.53 bits per heavy atom. The van der Waals surface area contributed by atoms with Crippen molar-refractivity contribution in [2.75, 3.05) is 5.32 Å². The number of para-hydroxylation sites is 1. The predicted octanol–water partition coefficient (Wildman–Crippen LogP) is 7.58. The zero-order valence-electron chi connectivity index (χ0n) is 18.3. The summed E-state index contributed by atoms with van der Waals surface area (Å²) < 4.78 is 6.03. The van der Waals surface area contributed by atoms with Gasteiger partial charge >= 0.3 is 0 Å². The number of carbonyl (C=O) groups is 1. The number of amides is 1.